The van der Waals surface area contributed by atoms with Gasteiger partial charge in [0, 0.05) is 6.42 Å². The number of hydrogen-bond acceptors (Lipinski definition) is 3. The maximum atomic E-state index is 11.2. The second kappa shape index (κ2) is 6.46. The fraction of sp³-hybridized carbons (Fsp3) is 0.778. The van der Waals surface area contributed by atoms with Gasteiger partial charge in [-0.3, -0.25) is 9.59 Å². The lowest BCUT2D eigenvalue weighted by Crippen LogP contribution is -2.18. The number of carboxylic acids is 1. The first-order valence-electron chi connectivity index (χ1n) is 4.50. The summed E-state index contributed by atoms with van der Waals surface area (Å²) in [5.74, 6) is -1.43. The molecule has 0 aromatic heterocycles. The van der Waals surface area contributed by atoms with E-state index in [4.69, 9.17) is 9.84 Å². The molecule has 4 heteroatoms. The maximum Gasteiger partial charge on any atom is 0.308 e. The van der Waals surface area contributed by atoms with Crippen LogP contribution in [0.3, 0.4) is 0 Å². The van der Waals surface area contributed by atoms with Crippen LogP contribution in [0.15, 0.2) is 0 Å². The zero-order valence-electron chi connectivity index (χ0n) is 8.08. The molecule has 0 aromatic carbocycles. The van der Waals surface area contributed by atoms with E-state index in [0.717, 1.165) is 0 Å². The highest BCUT2D eigenvalue weighted by Crippen LogP contribution is 2.12. The average molecular weight is 188 g/mol. The number of carbonyl (C=O) groups is 2. The highest BCUT2D eigenvalue weighted by molar-refractivity contribution is 5.73. The van der Waals surface area contributed by atoms with E-state index < -0.39 is 5.97 Å². The van der Waals surface area contributed by atoms with Crippen molar-refractivity contribution in [3.05, 3.63) is 0 Å². The lowest BCUT2D eigenvalue weighted by molar-refractivity contribution is -0.148. The van der Waals surface area contributed by atoms with E-state index >= 15 is 0 Å². The van der Waals surface area contributed by atoms with Crippen molar-refractivity contribution in [1.29, 1.82) is 0 Å². The Morgan fingerprint density at radius 1 is 1.38 bits per heavy atom. The van der Waals surface area contributed by atoms with Gasteiger partial charge in [0.2, 0.25) is 0 Å². The minimum atomic E-state index is -0.872. The number of ether oxygens (including phenoxy) is 1. The highest BCUT2D eigenvalue weighted by Gasteiger charge is 2.18. The number of carbonyl (C=O) groups excluding carboxylic acids is 1. The Morgan fingerprint density at radius 3 is 2.38 bits per heavy atom. The van der Waals surface area contributed by atoms with Crippen molar-refractivity contribution in [2.45, 2.75) is 33.1 Å². The van der Waals surface area contributed by atoms with Crippen molar-refractivity contribution >= 4 is 11.9 Å². The van der Waals surface area contributed by atoms with Crippen molar-refractivity contribution in [2.75, 3.05) is 6.61 Å². The van der Waals surface area contributed by atoms with Gasteiger partial charge < -0.3 is 9.84 Å². The molecule has 4 nitrogen and oxygen atoms in total. The van der Waals surface area contributed by atoms with Crippen LogP contribution < -0.4 is 0 Å². The van der Waals surface area contributed by atoms with Crippen molar-refractivity contribution < 1.29 is 19.4 Å². The first-order valence-corrected chi connectivity index (χ1v) is 4.50. The van der Waals surface area contributed by atoms with Crippen LogP contribution in [0.1, 0.15) is 33.1 Å². The molecule has 0 amide bonds. The lowest BCUT2D eigenvalue weighted by Gasteiger charge is -2.11. The van der Waals surface area contributed by atoms with Crippen LogP contribution in [0.4, 0.5) is 0 Å². The van der Waals surface area contributed by atoms with Gasteiger partial charge in [-0.2, -0.15) is 0 Å². The molecule has 1 N–H and O–H groups in total. The summed E-state index contributed by atoms with van der Waals surface area (Å²) in [4.78, 5) is 21.4. The minimum Gasteiger partial charge on any atom is -0.481 e. The third kappa shape index (κ3) is 5.22. The first-order chi connectivity index (χ1) is 6.11. The lowest BCUT2D eigenvalue weighted by atomic mass is 10.0. The summed E-state index contributed by atoms with van der Waals surface area (Å²) in [6.07, 6.45) is 1.02. The predicted molar refractivity (Wildman–Crippen MR) is 47.3 cm³/mol. The van der Waals surface area contributed by atoms with Gasteiger partial charge in [-0.1, -0.05) is 6.92 Å². The fourth-order valence-electron chi connectivity index (χ4n) is 1.05. The Labute approximate surface area is 77.9 Å². The van der Waals surface area contributed by atoms with Gasteiger partial charge in [0.15, 0.2) is 0 Å². The summed E-state index contributed by atoms with van der Waals surface area (Å²) in [6.45, 7) is 3.94. The SMILES string of the molecule is CCOC(=O)C(CC)CCC(=O)O. The molecule has 0 aromatic rings. The zero-order chi connectivity index (χ0) is 10.3. The number of carboxylic acid groups (broad SMARTS) is 1. The summed E-state index contributed by atoms with van der Waals surface area (Å²) in [7, 11) is 0. The van der Waals surface area contributed by atoms with E-state index in [0.29, 0.717) is 19.4 Å². The number of rotatable bonds is 6. The molecule has 0 spiro atoms. The van der Waals surface area contributed by atoms with E-state index in [1.54, 1.807) is 6.92 Å². The van der Waals surface area contributed by atoms with Crippen molar-refractivity contribution in [3.8, 4) is 0 Å². The van der Waals surface area contributed by atoms with Gasteiger partial charge >= 0.3 is 11.9 Å². The molecule has 0 fully saturated rings. The molecular formula is C9H16O4. The standard InChI is InChI=1S/C9H16O4/c1-3-7(5-6-8(10)11)9(12)13-4-2/h7H,3-6H2,1-2H3,(H,10,11). The summed E-state index contributed by atoms with van der Waals surface area (Å²) in [5, 5.41) is 8.42. The smallest absolute Gasteiger partial charge is 0.308 e. The molecule has 0 aliphatic rings. The largest absolute Gasteiger partial charge is 0.481 e. The van der Waals surface area contributed by atoms with Crippen LogP contribution >= 0.6 is 0 Å². The fourth-order valence-corrected chi connectivity index (χ4v) is 1.05. The van der Waals surface area contributed by atoms with Gasteiger partial charge in [0.1, 0.15) is 0 Å². The molecule has 0 saturated heterocycles. The molecule has 1 unspecified atom stereocenters. The summed E-state index contributed by atoms with van der Waals surface area (Å²) < 4.78 is 4.80. The summed E-state index contributed by atoms with van der Waals surface area (Å²) in [6, 6.07) is 0. The monoisotopic (exact) mass is 188 g/mol. The first kappa shape index (κ1) is 11.9. The van der Waals surface area contributed by atoms with Crippen LogP contribution in [-0.2, 0) is 14.3 Å². The van der Waals surface area contributed by atoms with Crippen LogP contribution in [-0.4, -0.2) is 23.7 Å². The molecule has 1 atom stereocenters. The van der Waals surface area contributed by atoms with Gasteiger partial charge in [-0.25, -0.2) is 0 Å². The van der Waals surface area contributed by atoms with Crippen LogP contribution in [0.25, 0.3) is 0 Å². The predicted octanol–water partition coefficient (Wildman–Crippen LogP) is 1.44. The third-order valence-corrected chi connectivity index (χ3v) is 1.82. The van der Waals surface area contributed by atoms with Crippen molar-refractivity contribution in [2.24, 2.45) is 5.92 Å². The Morgan fingerprint density at radius 2 is 2.00 bits per heavy atom. The second-order valence-electron chi connectivity index (χ2n) is 2.79. The van der Waals surface area contributed by atoms with Crippen LogP contribution in [0, 0.1) is 5.92 Å². The third-order valence-electron chi connectivity index (χ3n) is 1.82. The zero-order valence-corrected chi connectivity index (χ0v) is 8.08. The van der Waals surface area contributed by atoms with E-state index in [-0.39, 0.29) is 18.3 Å². The molecule has 0 radical (unpaired) electrons. The van der Waals surface area contributed by atoms with E-state index in [1.165, 1.54) is 0 Å². The second-order valence-corrected chi connectivity index (χ2v) is 2.79. The maximum absolute atomic E-state index is 11.2. The molecule has 0 bridgehead atoms. The summed E-state index contributed by atoms with van der Waals surface area (Å²) >= 11 is 0. The molecular weight excluding hydrogens is 172 g/mol. The average Bonchev–Trinajstić information content (AvgIpc) is 2.05. The van der Waals surface area contributed by atoms with Gasteiger partial charge in [-0.15, -0.1) is 0 Å². The molecule has 0 saturated carbocycles. The molecule has 0 rings (SSSR count). The van der Waals surface area contributed by atoms with Crippen molar-refractivity contribution in [1.82, 2.24) is 0 Å². The quantitative estimate of drug-likeness (QED) is 0.640. The molecule has 13 heavy (non-hydrogen) atoms. The number of aliphatic carboxylic acids is 1. The minimum absolute atomic E-state index is 0.0251. The van der Waals surface area contributed by atoms with E-state index in [9.17, 15) is 9.59 Å². The highest BCUT2D eigenvalue weighted by atomic mass is 16.5. The summed E-state index contributed by atoms with van der Waals surface area (Å²) in [5.41, 5.74) is 0. The van der Waals surface area contributed by atoms with Gasteiger partial charge in [-0.05, 0) is 19.8 Å². The molecule has 0 heterocycles. The molecule has 0 aliphatic heterocycles. The number of esters is 1. The topological polar surface area (TPSA) is 63.6 Å². The Kier molecular flexibility index (Phi) is 5.93. The Hall–Kier alpha value is -1.06. The Bertz CT molecular complexity index is 176. The molecule has 76 valence electrons. The van der Waals surface area contributed by atoms with Crippen molar-refractivity contribution in [3.63, 3.8) is 0 Å². The van der Waals surface area contributed by atoms with E-state index in [2.05, 4.69) is 0 Å². The van der Waals surface area contributed by atoms with E-state index in [1.807, 2.05) is 6.92 Å². The normalized spacial score (nSPS) is 12.2. The Balaban J connectivity index is 3.87. The van der Waals surface area contributed by atoms with Gasteiger partial charge in [0.25, 0.3) is 0 Å². The van der Waals surface area contributed by atoms with Gasteiger partial charge in [0.05, 0.1) is 12.5 Å². The number of hydrogen-bond donors (Lipinski definition) is 1. The van der Waals surface area contributed by atoms with Crippen LogP contribution in [0.2, 0.25) is 0 Å². The molecule has 0 aliphatic carbocycles. The van der Waals surface area contributed by atoms with Crippen LogP contribution in [0.5, 0.6) is 0 Å².